The van der Waals surface area contributed by atoms with Gasteiger partial charge in [0.1, 0.15) is 23.0 Å². The molecule has 0 aliphatic heterocycles. The van der Waals surface area contributed by atoms with Crippen molar-refractivity contribution in [1.82, 2.24) is 10.5 Å². The van der Waals surface area contributed by atoms with Gasteiger partial charge in [-0.15, -0.1) is 0 Å². The van der Waals surface area contributed by atoms with Crippen LogP contribution in [0.3, 0.4) is 0 Å². The first kappa shape index (κ1) is 17.5. The average Bonchev–Trinajstić information content (AvgIpc) is 3.14. The summed E-state index contributed by atoms with van der Waals surface area (Å²) < 4.78 is 28.7. The minimum Gasteiger partial charge on any atom is -0.497 e. The number of amides is 1. The van der Waals surface area contributed by atoms with Crippen molar-refractivity contribution in [2.45, 2.75) is 6.54 Å². The Labute approximate surface area is 149 Å². The third-order valence-corrected chi connectivity index (χ3v) is 3.57. The van der Waals surface area contributed by atoms with Crippen LogP contribution in [-0.4, -0.2) is 24.8 Å². The van der Waals surface area contributed by atoms with Crippen molar-refractivity contribution in [2.75, 3.05) is 13.7 Å². The van der Waals surface area contributed by atoms with Gasteiger partial charge >= 0.3 is 0 Å². The number of carbonyl (C=O) groups is 1. The van der Waals surface area contributed by atoms with E-state index in [2.05, 4.69) is 10.5 Å². The maximum atomic E-state index is 12.9. The van der Waals surface area contributed by atoms with E-state index in [9.17, 15) is 9.18 Å². The zero-order valence-electron chi connectivity index (χ0n) is 14.1. The Balaban J connectivity index is 1.49. The summed E-state index contributed by atoms with van der Waals surface area (Å²) in [6, 6.07) is 14.6. The molecule has 134 valence electrons. The molecule has 1 aromatic heterocycles. The fourth-order valence-electron chi connectivity index (χ4n) is 2.23. The molecule has 26 heavy (non-hydrogen) atoms. The summed E-state index contributed by atoms with van der Waals surface area (Å²) in [5.74, 6) is 1.08. The van der Waals surface area contributed by atoms with Gasteiger partial charge in [-0.3, -0.25) is 4.79 Å². The Bertz CT molecular complexity index is 877. The number of nitrogens with one attached hydrogen (secondary N) is 1. The Hall–Kier alpha value is -3.35. The van der Waals surface area contributed by atoms with Gasteiger partial charge in [0, 0.05) is 17.7 Å². The summed E-state index contributed by atoms with van der Waals surface area (Å²) in [6.07, 6.45) is 0. The first-order valence-corrected chi connectivity index (χ1v) is 7.89. The number of hydrogen-bond donors (Lipinski definition) is 1. The second-order valence-electron chi connectivity index (χ2n) is 5.43. The second-order valence-corrected chi connectivity index (χ2v) is 5.43. The quantitative estimate of drug-likeness (QED) is 0.704. The van der Waals surface area contributed by atoms with E-state index < -0.39 is 0 Å². The number of rotatable bonds is 7. The first-order valence-electron chi connectivity index (χ1n) is 7.89. The fourth-order valence-corrected chi connectivity index (χ4v) is 2.23. The molecule has 3 aromatic rings. The van der Waals surface area contributed by atoms with E-state index in [1.165, 1.54) is 12.1 Å². The third kappa shape index (κ3) is 4.60. The average molecular weight is 356 g/mol. The smallest absolute Gasteiger partial charge is 0.258 e. The number of nitrogens with zero attached hydrogens (tertiary/aromatic N) is 1. The molecule has 3 rings (SSSR count). The number of benzene rings is 2. The number of carbonyl (C=O) groups excluding carboxylic acids is 1. The lowest BCUT2D eigenvalue weighted by atomic mass is 10.1. The molecule has 6 nitrogen and oxygen atoms in total. The molecule has 0 saturated heterocycles. The SMILES string of the molecule is COc1cccc(OCC(=O)NCc2cc(-c3ccc(F)cc3)on2)c1. The van der Waals surface area contributed by atoms with Crippen LogP contribution in [0, 0.1) is 5.82 Å². The van der Waals surface area contributed by atoms with Crippen LogP contribution in [0.15, 0.2) is 59.1 Å². The van der Waals surface area contributed by atoms with Gasteiger partial charge in [-0.05, 0) is 36.4 Å². The molecule has 0 spiro atoms. The van der Waals surface area contributed by atoms with E-state index in [0.717, 1.165) is 0 Å². The normalized spacial score (nSPS) is 10.4. The van der Waals surface area contributed by atoms with Crippen molar-refractivity contribution in [2.24, 2.45) is 0 Å². The molecule has 0 unspecified atom stereocenters. The molecule has 0 fully saturated rings. The van der Waals surface area contributed by atoms with Crippen molar-refractivity contribution >= 4 is 5.91 Å². The molecule has 0 aliphatic carbocycles. The Morgan fingerprint density at radius 2 is 1.92 bits per heavy atom. The van der Waals surface area contributed by atoms with Gasteiger partial charge in [0.2, 0.25) is 0 Å². The lowest BCUT2D eigenvalue weighted by Gasteiger charge is -2.07. The molecule has 0 radical (unpaired) electrons. The van der Waals surface area contributed by atoms with Gasteiger partial charge in [0.05, 0.1) is 13.7 Å². The largest absolute Gasteiger partial charge is 0.497 e. The standard InChI is InChI=1S/C19H17FN2O4/c1-24-16-3-2-4-17(10-16)25-12-19(23)21-11-15-9-18(26-22-15)13-5-7-14(20)8-6-13/h2-10H,11-12H2,1H3,(H,21,23). The van der Waals surface area contributed by atoms with Gasteiger partial charge in [0.15, 0.2) is 12.4 Å². The molecule has 1 amide bonds. The number of hydrogen-bond acceptors (Lipinski definition) is 5. The number of halogens is 1. The van der Waals surface area contributed by atoms with E-state index in [-0.39, 0.29) is 24.9 Å². The maximum absolute atomic E-state index is 12.9. The van der Waals surface area contributed by atoms with E-state index in [1.54, 1.807) is 49.6 Å². The molecule has 7 heteroatoms. The lowest BCUT2D eigenvalue weighted by molar-refractivity contribution is -0.123. The van der Waals surface area contributed by atoms with Gasteiger partial charge in [-0.25, -0.2) is 4.39 Å². The molecule has 0 atom stereocenters. The summed E-state index contributed by atoms with van der Waals surface area (Å²) >= 11 is 0. The summed E-state index contributed by atoms with van der Waals surface area (Å²) in [7, 11) is 1.56. The van der Waals surface area contributed by atoms with E-state index in [1.807, 2.05) is 0 Å². The van der Waals surface area contributed by atoms with E-state index >= 15 is 0 Å². The zero-order chi connectivity index (χ0) is 18.4. The summed E-state index contributed by atoms with van der Waals surface area (Å²) in [5.41, 5.74) is 1.26. The molecular formula is C19H17FN2O4. The molecule has 0 bridgehead atoms. The highest BCUT2D eigenvalue weighted by Crippen LogP contribution is 2.21. The zero-order valence-corrected chi connectivity index (χ0v) is 14.1. The topological polar surface area (TPSA) is 73.6 Å². The van der Waals surface area contributed by atoms with Gasteiger partial charge in [-0.1, -0.05) is 11.2 Å². The van der Waals surface area contributed by atoms with Crippen molar-refractivity contribution in [3.8, 4) is 22.8 Å². The highest BCUT2D eigenvalue weighted by Gasteiger charge is 2.09. The van der Waals surface area contributed by atoms with Crippen LogP contribution >= 0.6 is 0 Å². The van der Waals surface area contributed by atoms with Crippen molar-refractivity contribution in [1.29, 1.82) is 0 Å². The predicted octanol–water partition coefficient (Wildman–Crippen LogP) is 3.18. The maximum Gasteiger partial charge on any atom is 0.258 e. The number of aromatic nitrogens is 1. The third-order valence-electron chi connectivity index (χ3n) is 3.57. The molecule has 1 N–H and O–H groups in total. The van der Waals surface area contributed by atoms with Crippen LogP contribution in [0.2, 0.25) is 0 Å². The summed E-state index contributed by atoms with van der Waals surface area (Å²) in [4.78, 5) is 11.9. The van der Waals surface area contributed by atoms with Crippen LogP contribution in [0.5, 0.6) is 11.5 Å². The summed E-state index contributed by atoms with van der Waals surface area (Å²) in [6.45, 7) is 0.0703. The van der Waals surface area contributed by atoms with Crippen LogP contribution in [-0.2, 0) is 11.3 Å². The molecule has 2 aromatic carbocycles. The summed E-state index contributed by atoms with van der Waals surface area (Å²) in [5, 5.41) is 6.58. The van der Waals surface area contributed by atoms with Crippen molar-refractivity contribution < 1.29 is 23.2 Å². The monoisotopic (exact) mass is 356 g/mol. The highest BCUT2D eigenvalue weighted by molar-refractivity contribution is 5.77. The van der Waals surface area contributed by atoms with E-state index in [4.69, 9.17) is 14.0 Å². The van der Waals surface area contributed by atoms with Crippen LogP contribution in [0.25, 0.3) is 11.3 Å². The second kappa shape index (κ2) is 8.15. The minimum atomic E-state index is -0.322. The molecule has 1 heterocycles. The van der Waals surface area contributed by atoms with Gasteiger partial charge < -0.3 is 19.3 Å². The van der Waals surface area contributed by atoms with E-state index in [0.29, 0.717) is 28.5 Å². The minimum absolute atomic E-state index is 0.129. The van der Waals surface area contributed by atoms with Gasteiger partial charge in [0.25, 0.3) is 5.91 Å². The van der Waals surface area contributed by atoms with Crippen LogP contribution in [0.1, 0.15) is 5.69 Å². The molecular weight excluding hydrogens is 339 g/mol. The number of methoxy groups -OCH3 is 1. The van der Waals surface area contributed by atoms with Crippen molar-refractivity contribution in [3.63, 3.8) is 0 Å². The number of ether oxygens (including phenoxy) is 2. The lowest BCUT2D eigenvalue weighted by Crippen LogP contribution is -2.28. The predicted molar refractivity (Wildman–Crippen MR) is 92.2 cm³/mol. The van der Waals surface area contributed by atoms with Gasteiger partial charge in [-0.2, -0.15) is 0 Å². The van der Waals surface area contributed by atoms with Crippen LogP contribution < -0.4 is 14.8 Å². The Kier molecular flexibility index (Phi) is 5.48. The molecule has 0 saturated carbocycles. The highest BCUT2D eigenvalue weighted by atomic mass is 19.1. The first-order chi connectivity index (χ1) is 12.6. The Morgan fingerprint density at radius 3 is 2.69 bits per heavy atom. The molecule has 0 aliphatic rings. The van der Waals surface area contributed by atoms with Crippen LogP contribution in [0.4, 0.5) is 4.39 Å². The Morgan fingerprint density at radius 1 is 1.15 bits per heavy atom. The van der Waals surface area contributed by atoms with Crippen molar-refractivity contribution in [3.05, 3.63) is 66.1 Å². The fraction of sp³-hybridized carbons (Fsp3) is 0.158.